The average molecular weight is 311 g/mol. The van der Waals surface area contributed by atoms with Crippen molar-refractivity contribution in [3.8, 4) is 11.1 Å². The molecular weight excluding hydrogens is 289 g/mol. The van der Waals surface area contributed by atoms with Crippen LogP contribution in [0.5, 0.6) is 0 Å². The highest BCUT2D eigenvalue weighted by Crippen LogP contribution is 2.21. The summed E-state index contributed by atoms with van der Waals surface area (Å²) in [6.45, 7) is 4.09. The zero-order valence-electron chi connectivity index (χ0n) is 13.8. The maximum Gasteiger partial charge on any atom is 0.133 e. The molecule has 0 radical (unpaired) electrons. The van der Waals surface area contributed by atoms with Gasteiger partial charge in [-0.15, -0.1) is 0 Å². The van der Waals surface area contributed by atoms with Crippen LogP contribution in [0.25, 0.3) is 11.1 Å². The summed E-state index contributed by atoms with van der Waals surface area (Å²) in [5.74, 6) is 0.527. The Labute approximate surface area is 137 Å². The Morgan fingerprint density at radius 2 is 2.00 bits per heavy atom. The molecule has 0 bridgehead atoms. The van der Waals surface area contributed by atoms with Crippen molar-refractivity contribution in [3.05, 3.63) is 65.9 Å². The summed E-state index contributed by atoms with van der Waals surface area (Å²) in [6, 6.07) is 8.44. The molecule has 0 aliphatic heterocycles. The van der Waals surface area contributed by atoms with Gasteiger partial charge in [0.15, 0.2) is 0 Å². The monoisotopic (exact) mass is 311 g/mol. The summed E-state index contributed by atoms with van der Waals surface area (Å²) in [5.41, 5.74) is 3.70. The molecule has 1 aromatic carbocycles. The van der Waals surface area contributed by atoms with E-state index in [0.717, 1.165) is 41.1 Å². The molecule has 1 aromatic heterocycles. The predicted octanol–water partition coefficient (Wildman–Crippen LogP) is 4.48. The number of amidine groups is 1. The summed E-state index contributed by atoms with van der Waals surface area (Å²) < 4.78 is 13.1. The van der Waals surface area contributed by atoms with Crippen molar-refractivity contribution in [1.82, 2.24) is 10.3 Å². The Balaban J connectivity index is 2.30. The molecule has 0 aliphatic rings. The largest absolute Gasteiger partial charge is 0.347 e. The minimum atomic E-state index is -0.243. The molecule has 1 heterocycles. The Morgan fingerprint density at radius 1 is 1.26 bits per heavy atom. The number of aliphatic imine (C=N–C) groups is 1. The lowest BCUT2D eigenvalue weighted by molar-refractivity contribution is 0.628. The van der Waals surface area contributed by atoms with E-state index < -0.39 is 0 Å². The van der Waals surface area contributed by atoms with Crippen LogP contribution >= 0.6 is 0 Å². The van der Waals surface area contributed by atoms with Gasteiger partial charge in [-0.25, -0.2) is 4.39 Å². The van der Waals surface area contributed by atoms with Gasteiger partial charge in [0.05, 0.1) is 0 Å². The highest BCUT2D eigenvalue weighted by Gasteiger charge is 2.09. The van der Waals surface area contributed by atoms with Crippen LogP contribution in [-0.2, 0) is 0 Å². The Bertz CT molecular complexity index is 703. The second-order valence-electron chi connectivity index (χ2n) is 5.27. The van der Waals surface area contributed by atoms with Gasteiger partial charge in [0.25, 0.3) is 0 Å². The van der Waals surface area contributed by atoms with E-state index in [2.05, 4.69) is 28.3 Å². The third-order valence-electron chi connectivity index (χ3n) is 3.54. The van der Waals surface area contributed by atoms with Gasteiger partial charge in [-0.05, 0) is 43.3 Å². The van der Waals surface area contributed by atoms with Gasteiger partial charge in [0.1, 0.15) is 11.7 Å². The number of aryl methyl sites for hydroxylation is 1. The number of halogens is 1. The fraction of sp³-hybridized carbons (Fsp3) is 0.263. The molecule has 2 rings (SSSR count). The van der Waals surface area contributed by atoms with Crippen molar-refractivity contribution in [2.75, 3.05) is 7.05 Å². The molecule has 0 atom stereocenters. The van der Waals surface area contributed by atoms with Gasteiger partial charge in [0.2, 0.25) is 0 Å². The molecule has 3 nitrogen and oxygen atoms in total. The second-order valence-corrected chi connectivity index (χ2v) is 5.27. The van der Waals surface area contributed by atoms with E-state index >= 15 is 0 Å². The molecule has 0 saturated carbocycles. The van der Waals surface area contributed by atoms with E-state index in [1.165, 1.54) is 12.1 Å². The number of aromatic nitrogens is 1. The number of hydrogen-bond donors (Lipinski definition) is 1. The molecule has 1 N–H and O–H groups in total. The molecule has 0 amide bonds. The smallest absolute Gasteiger partial charge is 0.133 e. The second kappa shape index (κ2) is 8.22. The molecule has 0 fully saturated rings. The van der Waals surface area contributed by atoms with Crippen LogP contribution in [0.1, 0.15) is 31.0 Å². The maximum absolute atomic E-state index is 13.1. The molecule has 0 saturated heterocycles. The third-order valence-corrected chi connectivity index (χ3v) is 3.54. The zero-order chi connectivity index (χ0) is 16.7. The van der Waals surface area contributed by atoms with Crippen molar-refractivity contribution in [1.29, 1.82) is 0 Å². The quantitative estimate of drug-likeness (QED) is 0.653. The number of hydrogen-bond acceptors (Lipinski definition) is 2. The van der Waals surface area contributed by atoms with Crippen LogP contribution in [0.4, 0.5) is 4.39 Å². The summed E-state index contributed by atoms with van der Waals surface area (Å²) in [4.78, 5) is 8.77. The average Bonchev–Trinajstić information content (AvgIpc) is 2.57. The lowest BCUT2D eigenvalue weighted by Gasteiger charge is -2.11. The van der Waals surface area contributed by atoms with Crippen LogP contribution in [0.3, 0.4) is 0 Å². The Hall–Kier alpha value is -2.49. The summed E-state index contributed by atoms with van der Waals surface area (Å²) in [7, 11) is 1.75. The minimum Gasteiger partial charge on any atom is -0.347 e. The first-order valence-corrected chi connectivity index (χ1v) is 7.77. The number of benzene rings is 1. The first kappa shape index (κ1) is 16.9. The minimum absolute atomic E-state index is 0.243. The Morgan fingerprint density at radius 3 is 2.65 bits per heavy atom. The molecule has 0 aliphatic carbocycles. The van der Waals surface area contributed by atoms with Crippen LogP contribution in [0.2, 0.25) is 0 Å². The van der Waals surface area contributed by atoms with E-state index in [-0.39, 0.29) is 5.82 Å². The summed E-state index contributed by atoms with van der Waals surface area (Å²) in [5, 5.41) is 3.22. The number of nitrogens with one attached hydrogen (secondary N) is 1. The first-order chi connectivity index (χ1) is 11.2. The van der Waals surface area contributed by atoms with E-state index in [1.807, 2.05) is 19.2 Å². The fourth-order valence-corrected chi connectivity index (χ4v) is 2.22. The highest BCUT2D eigenvalue weighted by molar-refractivity contribution is 6.01. The number of pyridine rings is 1. The van der Waals surface area contributed by atoms with Crippen LogP contribution in [0.15, 0.2) is 53.8 Å². The molecular formula is C19H22FN3. The lowest BCUT2D eigenvalue weighted by Crippen LogP contribution is -2.20. The third kappa shape index (κ3) is 4.49. The fourth-order valence-electron chi connectivity index (χ4n) is 2.22. The van der Waals surface area contributed by atoms with Gasteiger partial charge in [0, 0.05) is 30.1 Å². The van der Waals surface area contributed by atoms with E-state index in [9.17, 15) is 4.39 Å². The van der Waals surface area contributed by atoms with Crippen LogP contribution < -0.4 is 5.32 Å². The number of nitrogens with zero attached hydrogens (tertiary/aromatic N) is 2. The van der Waals surface area contributed by atoms with E-state index in [0.29, 0.717) is 0 Å². The van der Waals surface area contributed by atoms with E-state index in [4.69, 9.17) is 0 Å². The van der Waals surface area contributed by atoms with Crippen molar-refractivity contribution < 1.29 is 4.39 Å². The SMILES string of the molecule is CCC/C=C/NC(=NC)c1cc(-c2ccc(F)cc2)cnc1C. The van der Waals surface area contributed by atoms with Gasteiger partial charge < -0.3 is 5.32 Å². The molecule has 4 heteroatoms. The normalized spacial score (nSPS) is 11.9. The highest BCUT2D eigenvalue weighted by atomic mass is 19.1. The van der Waals surface area contributed by atoms with Crippen molar-refractivity contribution >= 4 is 5.84 Å². The zero-order valence-corrected chi connectivity index (χ0v) is 13.8. The lowest BCUT2D eigenvalue weighted by atomic mass is 10.0. The topological polar surface area (TPSA) is 37.3 Å². The molecule has 0 spiro atoms. The molecule has 120 valence electrons. The standard InChI is InChI=1S/C19H22FN3/c1-4-5-6-11-22-19(21-3)18-12-16(13-23-14(18)2)15-7-9-17(20)10-8-15/h6-13H,4-5H2,1-3H3,(H,21,22)/b11-6+. The molecule has 23 heavy (non-hydrogen) atoms. The van der Waals surface area contributed by atoms with E-state index in [1.54, 1.807) is 25.4 Å². The van der Waals surface area contributed by atoms with Crippen molar-refractivity contribution in [3.63, 3.8) is 0 Å². The van der Waals surface area contributed by atoms with Crippen LogP contribution in [0, 0.1) is 12.7 Å². The number of unbranched alkanes of at least 4 members (excludes halogenated alkanes) is 1. The van der Waals surface area contributed by atoms with Gasteiger partial charge >= 0.3 is 0 Å². The van der Waals surface area contributed by atoms with Gasteiger partial charge in [-0.2, -0.15) is 0 Å². The van der Waals surface area contributed by atoms with Gasteiger partial charge in [-0.1, -0.05) is 31.6 Å². The number of allylic oxidation sites excluding steroid dienone is 1. The number of rotatable bonds is 5. The molecule has 0 unspecified atom stereocenters. The summed E-state index contributed by atoms with van der Waals surface area (Å²) >= 11 is 0. The Kier molecular flexibility index (Phi) is 6.03. The summed E-state index contributed by atoms with van der Waals surface area (Å²) in [6.07, 6.45) is 7.92. The first-order valence-electron chi connectivity index (χ1n) is 7.77. The van der Waals surface area contributed by atoms with Crippen molar-refractivity contribution in [2.45, 2.75) is 26.7 Å². The van der Waals surface area contributed by atoms with Crippen LogP contribution in [-0.4, -0.2) is 17.9 Å². The predicted molar refractivity (Wildman–Crippen MR) is 94.0 cm³/mol. The van der Waals surface area contributed by atoms with Crippen molar-refractivity contribution in [2.24, 2.45) is 4.99 Å². The van der Waals surface area contributed by atoms with Gasteiger partial charge in [-0.3, -0.25) is 9.98 Å². The molecule has 2 aromatic rings. The maximum atomic E-state index is 13.1.